The fourth-order valence-electron chi connectivity index (χ4n) is 1.32. The summed E-state index contributed by atoms with van der Waals surface area (Å²) in [5.74, 6) is 4.73. The Hall–Kier alpha value is -1.86. The van der Waals surface area contributed by atoms with E-state index in [1.807, 2.05) is 17.5 Å². The van der Waals surface area contributed by atoms with E-state index in [1.165, 1.54) is 0 Å². The fraction of sp³-hybridized carbons (Fsp3) is 0.167. The van der Waals surface area contributed by atoms with Crippen LogP contribution in [0.3, 0.4) is 0 Å². The van der Waals surface area contributed by atoms with Crippen LogP contribution < -0.4 is 5.32 Å². The second-order valence-electron chi connectivity index (χ2n) is 3.21. The van der Waals surface area contributed by atoms with E-state index in [-0.39, 0.29) is 5.91 Å². The van der Waals surface area contributed by atoms with Gasteiger partial charge in [0.25, 0.3) is 5.91 Å². The van der Waals surface area contributed by atoms with Gasteiger partial charge in [-0.1, -0.05) is 5.92 Å². The lowest BCUT2D eigenvalue weighted by Gasteiger charge is -2.00. The Morgan fingerprint density at radius 2 is 2.50 bits per heavy atom. The first-order chi connectivity index (χ1) is 7.79. The van der Waals surface area contributed by atoms with Crippen molar-refractivity contribution in [3.05, 3.63) is 29.3 Å². The van der Waals surface area contributed by atoms with Crippen molar-refractivity contribution in [3.8, 4) is 11.8 Å². The van der Waals surface area contributed by atoms with Gasteiger partial charge in [-0.3, -0.25) is 9.78 Å². The number of carbonyl (C=O) groups is 1. The molecule has 1 N–H and O–H groups in total. The summed E-state index contributed by atoms with van der Waals surface area (Å²) >= 11 is 1.64. The van der Waals surface area contributed by atoms with Crippen LogP contribution >= 0.6 is 11.3 Å². The average molecular weight is 230 g/mol. The van der Waals surface area contributed by atoms with Gasteiger partial charge in [0.2, 0.25) is 0 Å². The summed E-state index contributed by atoms with van der Waals surface area (Å²) in [5.41, 5.74) is 1.98. The largest absolute Gasteiger partial charge is 0.341 e. The first-order valence-corrected chi connectivity index (χ1v) is 5.70. The zero-order valence-electron chi connectivity index (χ0n) is 8.78. The molecule has 16 heavy (non-hydrogen) atoms. The number of fused-ring (bicyclic) bond motifs is 1. The molecule has 2 aromatic heterocycles. The Morgan fingerprint density at radius 3 is 3.31 bits per heavy atom. The minimum absolute atomic E-state index is 0.256. The number of rotatable bonds is 2. The maximum absolute atomic E-state index is 11.1. The van der Waals surface area contributed by atoms with Crippen molar-refractivity contribution < 1.29 is 4.79 Å². The Morgan fingerprint density at radius 1 is 1.62 bits per heavy atom. The molecule has 2 heterocycles. The van der Waals surface area contributed by atoms with Crippen LogP contribution in [-0.2, 0) is 11.3 Å². The molecule has 0 radical (unpaired) electrons. The molecule has 0 aromatic carbocycles. The van der Waals surface area contributed by atoms with Gasteiger partial charge in [-0.25, -0.2) is 0 Å². The highest BCUT2D eigenvalue weighted by Crippen LogP contribution is 2.19. The summed E-state index contributed by atoms with van der Waals surface area (Å²) < 4.78 is 1.13. The van der Waals surface area contributed by atoms with E-state index in [4.69, 9.17) is 0 Å². The van der Waals surface area contributed by atoms with Gasteiger partial charge in [0.05, 0.1) is 10.2 Å². The van der Waals surface area contributed by atoms with E-state index in [2.05, 4.69) is 22.1 Å². The zero-order valence-corrected chi connectivity index (χ0v) is 9.60. The van der Waals surface area contributed by atoms with Crippen LogP contribution in [0, 0.1) is 11.8 Å². The molecule has 0 aliphatic heterocycles. The lowest BCUT2D eigenvalue weighted by Crippen LogP contribution is -2.20. The molecule has 3 nitrogen and oxygen atoms in total. The summed E-state index contributed by atoms with van der Waals surface area (Å²) in [6.07, 6.45) is 1.77. The van der Waals surface area contributed by atoms with Crippen molar-refractivity contribution in [2.75, 3.05) is 0 Å². The quantitative estimate of drug-likeness (QED) is 0.801. The fourth-order valence-corrected chi connectivity index (χ4v) is 2.13. The molecule has 0 spiro atoms. The molecule has 1 amide bonds. The van der Waals surface area contributed by atoms with Crippen molar-refractivity contribution in [1.82, 2.24) is 10.3 Å². The predicted molar refractivity (Wildman–Crippen MR) is 64.9 cm³/mol. The Labute approximate surface area is 97.5 Å². The number of hydrogen-bond donors (Lipinski definition) is 1. The third kappa shape index (κ3) is 2.38. The van der Waals surface area contributed by atoms with Crippen LogP contribution in [0.5, 0.6) is 0 Å². The summed E-state index contributed by atoms with van der Waals surface area (Å²) in [6, 6.07) is 4.01. The number of thiophene rings is 1. The molecular formula is C12H10N2OS. The normalized spacial score (nSPS) is 9.56. The highest BCUT2D eigenvalue weighted by atomic mass is 32.1. The van der Waals surface area contributed by atoms with Crippen molar-refractivity contribution in [2.45, 2.75) is 13.5 Å². The maximum Gasteiger partial charge on any atom is 0.296 e. The van der Waals surface area contributed by atoms with Crippen LogP contribution in [-0.4, -0.2) is 10.9 Å². The summed E-state index contributed by atoms with van der Waals surface area (Å²) in [6.45, 7) is 2.10. The van der Waals surface area contributed by atoms with Gasteiger partial charge in [0.15, 0.2) is 0 Å². The number of hydrogen-bond acceptors (Lipinski definition) is 3. The third-order valence-corrected chi connectivity index (χ3v) is 2.90. The minimum atomic E-state index is -0.256. The number of nitrogens with zero attached hydrogens (tertiary/aromatic N) is 1. The molecule has 2 rings (SSSR count). The molecule has 80 valence electrons. The van der Waals surface area contributed by atoms with Gasteiger partial charge in [-0.2, -0.15) is 0 Å². The molecule has 0 bridgehead atoms. The summed E-state index contributed by atoms with van der Waals surface area (Å²) in [4.78, 5) is 15.4. The van der Waals surface area contributed by atoms with E-state index in [1.54, 1.807) is 24.5 Å². The smallest absolute Gasteiger partial charge is 0.296 e. The molecule has 0 fully saturated rings. The first-order valence-electron chi connectivity index (χ1n) is 4.82. The summed E-state index contributed by atoms with van der Waals surface area (Å²) in [5, 5.41) is 4.71. The highest BCUT2D eigenvalue weighted by Gasteiger charge is 2.00. The van der Waals surface area contributed by atoms with Crippen LogP contribution in [0.2, 0.25) is 0 Å². The number of carbonyl (C=O) groups excluding carboxylic acids is 1. The molecule has 0 aliphatic rings. The Balaban J connectivity index is 2.08. The van der Waals surface area contributed by atoms with Gasteiger partial charge >= 0.3 is 0 Å². The molecular weight excluding hydrogens is 220 g/mol. The molecule has 0 aliphatic carbocycles. The van der Waals surface area contributed by atoms with Crippen LogP contribution in [0.4, 0.5) is 0 Å². The molecule has 0 saturated carbocycles. The van der Waals surface area contributed by atoms with Crippen molar-refractivity contribution in [2.24, 2.45) is 0 Å². The maximum atomic E-state index is 11.1. The lowest BCUT2D eigenvalue weighted by atomic mass is 10.2. The van der Waals surface area contributed by atoms with E-state index < -0.39 is 0 Å². The monoisotopic (exact) mass is 230 g/mol. The number of aromatic nitrogens is 1. The SMILES string of the molecule is CC#CC(=O)NCc1cnc2ccsc2c1. The van der Waals surface area contributed by atoms with Gasteiger partial charge in [0, 0.05) is 12.7 Å². The summed E-state index contributed by atoms with van der Waals surface area (Å²) in [7, 11) is 0. The zero-order chi connectivity index (χ0) is 11.4. The average Bonchev–Trinajstić information content (AvgIpc) is 2.74. The van der Waals surface area contributed by atoms with E-state index >= 15 is 0 Å². The predicted octanol–water partition coefficient (Wildman–Crippen LogP) is 1.94. The van der Waals surface area contributed by atoms with E-state index in [0.29, 0.717) is 6.54 Å². The van der Waals surface area contributed by atoms with Crippen molar-refractivity contribution in [3.63, 3.8) is 0 Å². The van der Waals surface area contributed by atoms with Gasteiger partial charge in [-0.05, 0) is 35.9 Å². The Kier molecular flexibility index (Phi) is 3.18. The molecule has 0 unspecified atom stereocenters. The van der Waals surface area contributed by atoms with Crippen molar-refractivity contribution in [1.29, 1.82) is 0 Å². The Bertz CT molecular complexity index is 577. The number of nitrogens with one attached hydrogen (secondary N) is 1. The van der Waals surface area contributed by atoms with Gasteiger partial charge < -0.3 is 5.32 Å². The second-order valence-corrected chi connectivity index (χ2v) is 4.15. The van der Waals surface area contributed by atoms with E-state index in [9.17, 15) is 4.79 Å². The second kappa shape index (κ2) is 4.77. The molecule has 0 atom stereocenters. The van der Waals surface area contributed by atoms with E-state index in [0.717, 1.165) is 15.8 Å². The third-order valence-electron chi connectivity index (χ3n) is 2.05. The number of pyridine rings is 1. The van der Waals surface area contributed by atoms with Gasteiger partial charge in [-0.15, -0.1) is 11.3 Å². The van der Waals surface area contributed by atoms with Crippen molar-refractivity contribution >= 4 is 27.5 Å². The van der Waals surface area contributed by atoms with Crippen LogP contribution in [0.25, 0.3) is 10.2 Å². The van der Waals surface area contributed by atoms with Crippen LogP contribution in [0.1, 0.15) is 12.5 Å². The standard InChI is InChI=1S/C12H10N2OS/c1-2-3-12(15)14-8-9-6-11-10(13-7-9)4-5-16-11/h4-7H,8H2,1H3,(H,14,15). The van der Waals surface area contributed by atoms with Crippen LogP contribution in [0.15, 0.2) is 23.7 Å². The van der Waals surface area contributed by atoms with Gasteiger partial charge in [0.1, 0.15) is 0 Å². The highest BCUT2D eigenvalue weighted by molar-refractivity contribution is 7.17. The first kappa shape index (κ1) is 10.7. The molecule has 2 aromatic rings. The molecule has 0 saturated heterocycles. The lowest BCUT2D eigenvalue weighted by molar-refractivity contribution is -0.115. The topological polar surface area (TPSA) is 42.0 Å². The minimum Gasteiger partial charge on any atom is -0.341 e. The molecule has 4 heteroatoms. The number of amides is 1.